The Kier molecular flexibility index (Phi) is 4.91. The van der Waals surface area contributed by atoms with Gasteiger partial charge in [0.15, 0.2) is 5.03 Å². The third-order valence-electron chi connectivity index (χ3n) is 2.15. The summed E-state index contributed by atoms with van der Waals surface area (Å²) < 4.78 is 28.5. The number of imidazole rings is 1. The van der Waals surface area contributed by atoms with Crippen LogP contribution in [-0.4, -0.2) is 24.5 Å². The van der Waals surface area contributed by atoms with Gasteiger partial charge >= 0.3 is 0 Å². The molecule has 96 valence electrons. The van der Waals surface area contributed by atoms with E-state index in [4.69, 9.17) is 0 Å². The number of aryl methyl sites for hydroxylation is 2. The number of aromatic nitrogens is 2. The van der Waals surface area contributed by atoms with Crippen LogP contribution in [0, 0.1) is 6.92 Å². The van der Waals surface area contributed by atoms with Gasteiger partial charge in [-0.2, -0.15) is 0 Å². The van der Waals surface area contributed by atoms with Crippen LogP contribution in [0.15, 0.2) is 22.3 Å². The van der Waals surface area contributed by atoms with Gasteiger partial charge < -0.3 is 4.57 Å². The highest BCUT2D eigenvalue weighted by molar-refractivity contribution is 9.11. The quantitative estimate of drug-likeness (QED) is 0.868. The second kappa shape index (κ2) is 5.79. The van der Waals surface area contributed by atoms with E-state index >= 15 is 0 Å². The third kappa shape index (κ3) is 3.93. The molecule has 0 fully saturated rings. The van der Waals surface area contributed by atoms with Gasteiger partial charge in [-0.15, -0.1) is 0 Å². The number of nitrogens with one attached hydrogen (secondary N) is 1. The second-order valence-corrected chi connectivity index (χ2v) is 6.50. The summed E-state index contributed by atoms with van der Waals surface area (Å²) in [6, 6.07) is 0. The zero-order valence-corrected chi connectivity index (χ0v) is 12.3. The van der Waals surface area contributed by atoms with Gasteiger partial charge in [0.05, 0.1) is 0 Å². The first-order chi connectivity index (χ1) is 7.86. The molecule has 0 unspecified atom stereocenters. The van der Waals surface area contributed by atoms with Gasteiger partial charge in [-0.3, -0.25) is 0 Å². The van der Waals surface area contributed by atoms with Crippen LogP contribution in [0.1, 0.15) is 19.2 Å². The van der Waals surface area contributed by atoms with Gasteiger partial charge in [-0.05, 0) is 13.3 Å². The molecule has 0 amide bonds. The van der Waals surface area contributed by atoms with Crippen LogP contribution in [0.4, 0.5) is 0 Å². The Hall–Kier alpha value is -0.660. The number of sulfonamides is 1. The van der Waals surface area contributed by atoms with Crippen molar-refractivity contribution >= 4 is 26.0 Å². The lowest BCUT2D eigenvalue weighted by atomic mass is 10.5. The van der Waals surface area contributed by atoms with E-state index in [2.05, 4.69) is 32.2 Å². The first-order valence-electron chi connectivity index (χ1n) is 5.23. The Labute approximate surface area is 110 Å². The Morgan fingerprint density at radius 3 is 2.82 bits per heavy atom. The number of hydrogen-bond donors (Lipinski definition) is 1. The van der Waals surface area contributed by atoms with Crippen molar-refractivity contribution < 1.29 is 8.42 Å². The normalized spacial score (nSPS) is 11.7. The van der Waals surface area contributed by atoms with Gasteiger partial charge in [0, 0.05) is 23.8 Å². The molecule has 0 aliphatic carbocycles. The maximum Gasteiger partial charge on any atom is 0.259 e. The van der Waals surface area contributed by atoms with Crippen LogP contribution >= 0.6 is 15.9 Å². The van der Waals surface area contributed by atoms with Crippen molar-refractivity contribution in [2.24, 2.45) is 0 Å². The van der Waals surface area contributed by atoms with Crippen LogP contribution in [0.25, 0.3) is 0 Å². The molecule has 0 aromatic carbocycles. The first-order valence-corrected chi connectivity index (χ1v) is 7.51. The second-order valence-electron chi connectivity index (χ2n) is 3.66. The van der Waals surface area contributed by atoms with Gasteiger partial charge in [0.2, 0.25) is 0 Å². The van der Waals surface area contributed by atoms with E-state index in [-0.39, 0.29) is 11.6 Å². The monoisotopic (exact) mass is 321 g/mol. The first kappa shape index (κ1) is 14.4. The molecule has 1 N–H and O–H groups in total. The van der Waals surface area contributed by atoms with E-state index in [0.717, 1.165) is 13.0 Å². The molecule has 0 radical (unpaired) electrons. The zero-order chi connectivity index (χ0) is 13.1. The lowest BCUT2D eigenvalue weighted by molar-refractivity contribution is 0.581. The van der Waals surface area contributed by atoms with E-state index in [1.807, 2.05) is 11.5 Å². The van der Waals surface area contributed by atoms with Crippen molar-refractivity contribution in [3.05, 3.63) is 23.1 Å². The Morgan fingerprint density at radius 1 is 1.65 bits per heavy atom. The largest absolute Gasteiger partial charge is 0.334 e. The summed E-state index contributed by atoms with van der Waals surface area (Å²) in [4.78, 5) is 4.05. The molecule has 1 aromatic rings. The Balaban J connectivity index is 2.91. The fraction of sp³-hybridized carbons (Fsp3) is 0.500. The number of hydrogen-bond acceptors (Lipinski definition) is 3. The average molecular weight is 322 g/mol. The van der Waals surface area contributed by atoms with E-state index in [1.165, 1.54) is 0 Å². The summed E-state index contributed by atoms with van der Waals surface area (Å²) in [7, 11) is -3.55. The SMILES string of the molecule is C=C(Br)CNS(=O)(=O)c1cn(CCC)c(C)n1. The molecule has 17 heavy (non-hydrogen) atoms. The number of rotatable bonds is 6. The summed E-state index contributed by atoms with van der Waals surface area (Å²) in [5, 5.41) is 0.0530. The maximum absolute atomic E-state index is 11.9. The number of nitrogens with zero attached hydrogens (tertiary/aromatic N) is 2. The van der Waals surface area contributed by atoms with Crippen molar-refractivity contribution in [3.63, 3.8) is 0 Å². The summed E-state index contributed by atoms with van der Waals surface area (Å²) >= 11 is 3.10. The highest BCUT2D eigenvalue weighted by Gasteiger charge is 2.18. The molecule has 1 aromatic heterocycles. The van der Waals surface area contributed by atoms with E-state index < -0.39 is 10.0 Å². The third-order valence-corrected chi connectivity index (χ3v) is 3.70. The highest BCUT2D eigenvalue weighted by Crippen LogP contribution is 2.10. The molecule has 0 atom stereocenters. The van der Waals surface area contributed by atoms with E-state index in [1.54, 1.807) is 13.1 Å². The van der Waals surface area contributed by atoms with E-state index in [9.17, 15) is 8.42 Å². The van der Waals surface area contributed by atoms with E-state index in [0.29, 0.717) is 10.3 Å². The highest BCUT2D eigenvalue weighted by atomic mass is 79.9. The Bertz CT molecular complexity index is 508. The van der Waals surface area contributed by atoms with Gasteiger partial charge in [-0.25, -0.2) is 18.1 Å². The van der Waals surface area contributed by atoms with Crippen molar-refractivity contribution in [1.82, 2.24) is 14.3 Å². The predicted octanol–water partition coefficient (Wildman–Crippen LogP) is 1.79. The van der Waals surface area contributed by atoms with Gasteiger partial charge in [0.25, 0.3) is 10.0 Å². The van der Waals surface area contributed by atoms with Crippen LogP contribution in [0.2, 0.25) is 0 Å². The average Bonchev–Trinajstić information content (AvgIpc) is 2.59. The molecular formula is C10H16BrN3O2S. The van der Waals surface area contributed by atoms with Crippen LogP contribution < -0.4 is 4.72 Å². The van der Waals surface area contributed by atoms with Crippen LogP contribution in [0.5, 0.6) is 0 Å². The van der Waals surface area contributed by atoms with Crippen LogP contribution in [0.3, 0.4) is 0 Å². The summed E-state index contributed by atoms with van der Waals surface area (Å²) in [6.07, 6.45) is 2.49. The van der Waals surface area contributed by atoms with Crippen molar-refractivity contribution in [2.75, 3.05) is 6.54 Å². The molecule has 0 saturated heterocycles. The lowest BCUT2D eigenvalue weighted by Crippen LogP contribution is -2.25. The topological polar surface area (TPSA) is 64.0 Å². The summed E-state index contributed by atoms with van der Waals surface area (Å²) in [5.74, 6) is 0.699. The molecule has 0 aliphatic heterocycles. The standard InChI is InChI=1S/C10H16BrN3O2S/c1-4-5-14-7-10(13-9(14)3)17(15,16)12-6-8(2)11/h7,12H,2,4-6H2,1,3H3. The summed E-state index contributed by atoms with van der Waals surface area (Å²) in [6.45, 7) is 8.30. The molecule has 5 nitrogen and oxygen atoms in total. The molecule has 0 aliphatic rings. The molecule has 0 spiro atoms. The number of halogens is 1. The van der Waals surface area contributed by atoms with Crippen molar-refractivity contribution in [3.8, 4) is 0 Å². The molecule has 0 saturated carbocycles. The fourth-order valence-corrected chi connectivity index (χ4v) is 2.68. The minimum absolute atomic E-state index is 0.0530. The summed E-state index contributed by atoms with van der Waals surface area (Å²) in [5.41, 5.74) is 0. The lowest BCUT2D eigenvalue weighted by Gasteiger charge is -2.02. The minimum atomic E-state index is -3.55. The van der Waals surface area contributed by atoms with Crippen LogP contribution in [-0.2, 0) is 16.6 Å². The molecule has 7 heteroatoms. The van der Waals surface area contributed by atoms with Crippen molar-refractivity contribution in [1.29, 1.82) is 0 Å². The van der Waals surface area contributed by atoms with Gasteiger partial charge in [-0.1, -0.05) is 29.4 Å². The predicted molar refractivity (Wildman–Crippen MR) is 70.5 cm³/mol. The zero-order valence-electron chi connectivity index (χ0n) is 9.90. The molecule has 0 bridgehead atoms. The molecular weight excluding hydrogens is 306 g/mol. The molecule has 1 heterocycles. The van der Waals surface area contributed by atoms with Gasteiger partial charge in [0.1, 0.15) is 5.82 Å². The molecule has 1 rings (SSSR count). The smallest absolute Gasteiger partial charge is 0.259 e. The fourth-order valence-electron chi connectivity index (χ4n) is 1.32. The Morgan fingerprint density at radius 2 is 2.29 bits per heavy atom. The maximum atomic E-state index is 11.9. The van der Waals surface area contributed by atoms with Crippen molar-refractivity contribution in [2.45, 2.75) is 31.8 Å². The minimum Gasteiger partial charge on any atom is -0.334 e.